The highest BCUT2D eigenvalue weighted by atomic mass is 35.5. The van der Waals surface area contributed by atoms with Gasteiger partial charge in [-0.25, -0.2) is 0 Å². The molecule has 0 spiro atoms. The summed E-state index contributed by atoms with van der Waals surface area (Å²) < 4.78 is 0. The molecule has 0 N–H and O–H groups in total. The summed E-state index contributed by atoms with van der Waals surface area (Å²) in [5.41, 5.74) is 2.36. The number of halogens is 1. The van der Waals surface area contributed by atoms with Crippen LogP contribution < -0.4 is 0 Å². The summed E-state index contributed by atoms with van der Waals surface area (Å²) in [5.74, 6) is 0.141. The van der Waals surface area contributed by atoms with Crippen molar-refractivity contribution in [3.05, 3.63) is 47.5 Å². The summed E-state index contributed by atoms with van der Waals surface area (Å²) in [5, 5.41) is -0.361. The van der Waals surface area contributed by atoms with E-state index in [1.807, 2.05) is 24.3 Å². The number of ketones is 1. The Morgan fingerprint density at radius 2 is 1.79 bits per heavy atom. The molecule has 4 rings (SSSR count). The van der Waals surface area contributed by atoms with E-state index in [9.17, 15) is 4.79 Å². The number of Topliss-reactive ketones (excluding diaryl/α,β-unsaturated/α-hetero) is 1. The smallest absolute Gasteiger partial charge is 0.162 e. The van der Waals surface area contributed by atoms with Crippen LogP contribution in [0.4, 0.5) is 0 Å². The van der Waals surface area contributed by atoms with Crippen molar-refractivity contribution < 1.29 is 4.79 Å². The fourth-order valence-corrected chi connectivity index (χ4v) is 2.74. The molecule has 1 nitrogen and oxygen atoms in total. The van der Waals surface area contributed by atoms with E-state index in [0.717, 1.165) is 5.56 Å². The zero-order valence-corrected chi connectivity index (χ0v) is 8.24. The van der Waals surface area contributed by atoms with E-state index in [4.69, 9.17) is 11.6 Å². The minimum absolute atomic E-state index is 0.0883. The molecule has 1 aromatic rings. The predicted molar refractivity (Wildman–Crippen MR) is 55.7 cm³/mol. The van der Waals surface area contributed by atoms with Crippen molar-refractivity contribution in [2.24, 2.45) is 0 Å². The number of fused-ring (bicyclic) bond motifs is 1. The van der Waals surface area contributed by atoms with Crippen LogP contribution in [-0.4, -0.2) is 11.2 Å². The van der Waals surface area contributed by atoms with Gasteiger partial charge in [-0.15, -0.1) is 11.6 Å². The third-order valence-electron chi connectivity index (χ3n) is 3.09. The van der Waals surface area contributed by atoms with E-state index in [-0.39, 0.29) is 23.0 Å². The lowest BCUT2D eigenvalue weighted by Crippen LogP contribution is -2.36. The number of benzene rings is 1. The molecule has 70 valence electrons. The maximum atomic E-state index is 11.8. The van der Waals surface area contributed by atoms with Crippen molar-refractivity contribution in [1.29, 1.82) is 0 Å². The first-order valence-corrected chi connectivity index (χ1v) is 5.17. The Bertz CT molecular complexity index is 436. The fourth-order valence-electron chi connectivity index (χ4n) is 2.39. The van der Waals surface area contributed by atoms with Gasteiger partial charge in [0.2, 0.25) is 0 Å². The van der Waals surface area contributed by atoms with Crippen molar-refractivity contribution in [1.82, 2.24) is 0 Å². The number of hydrogen-bond donors (Lipinski definition) is 0. The molecular weight excluding hydrogens is 196 g/mol. The number of carbonyl (C=O) groups excluding carboxylic acids is 1. The minimum Gasteiger partial charge on any atom is -0.297 e. The van der Waals surface area contributed by atoms with E-state index in [1.54, 1.807) is 0 Å². The van der Waals surface area contributed by atoms with Crippen molar-refractivity contribution in [3.8, 4) is 0 Å². The highest BCUT2D eigenvalue weighted by molar-refractivity contribution is 6.33. The topological polar surface area (TPSA) is 17.1 Å². The van der Waals surface area contributed by atoms with E-state index in [1.165, 1.54) is 5.56 Å². The average molecular weight is 205 g/mol. The van der Waals surface area contributed by atoms with Gasteiger partial charge in [0.05, 0.1) is 5.92 Å². The van der Waals surface area contributed by atoms with Crippen LogP contribution in [0.5, 0.6) is 0 Å². The quantitative estimate of drug-likeness (QED) is 0.469. The zero-order valence-electron chi connectivity index (χ0n) is 7.48. The van der Waals surface area contributed by atoms with Crippen LogP contribution in [0.25, 0.3) is 0 Å². The van der Waals surface area contributed by atoms with Gasteiger partial charge >= 0.3 is 0 Å². The Morgan fingerprint density at radius 1 is 1.07 bits per heavy atom. The largest absolute Gasteiger partial charge is 0.297 e. The Hall–Kier alpha value is -1.08. The molecule has 3 atom stereocenters. The summed E-state index contributed by atoms with van der Waals surface area (Å²) in [7, 11) is 0. The molecule has 0 saturated carbocycles. The second-order valence-corrected chi connectivity index (χ2v) is 4.29. The normalized spacial score (nSPS) is 33.2. The Labute approximate surface area is 87.4 Å². The van der Waals surface area contributed by atoms with Gasteiger partial charge in [0.15, 0.2) is 5.78 Å². The van der Waals surface area contributed by atoms with Crippen molar-refractivity contribution in [3.63, 3.8) is 0 Å². The highest BCUT2D eigenvalue weighted by Gasteiger charge is 2.41. The maximum absolute atomic E-state index is 11.8. The van der Waals surface area contributed by atoms with Gasteiger partial charge in [0, 0.05) is 5.92 Å². The molecule has 0 aliphatic heterocycles. The van der Waals surface area contributed by atoms with Gasteiger partial charge in [0.25, 0.3) is 0 Å². The SMILES string of the molecule is O=C1C2C=CC(c3ccccc32)[C@H]1Cl. The summed E-state index contributed by atoms with van der Waals surface area (Å²) in [6, 6.07) is 8.07. The van der Waals surface area contributed by atoms with Crippen molar-refractivity contribution >= 4 is 17.4 Å². The van der Waals surface area contributed by atoms with Gasteiger partial charge < -0.3 is 0 Å². The lowest BCUT2D eigenvalue weighted by Gasteiger charge is -2.35. The molecule has 2 heteroatoms. The molecule has 0 saturated heterocycles. The molecule has 14 heavy (non-hydrogen) atoms. The molecule has 0 amide bonds. The van der Waals surface area contributed by atoms with Gasteiger partial charge in [-0.2, -0.15) is 0 Å². The summed E-state index contributed by atoms with van der Waals surface area (Å²) in [4.78, 5) is 11.8. The molecular formula is C12H9ClO. The van der Waals surface area contributed by atoms with Gasteiger partial charge in [-0.05, 0) is 11.1 Å². The first-order valence-electron chi connectivity index (χ1n) is 4.74. The summed E-state index contributed by atoms with van der Waals surface area (Å²) in [6.45, 7) is 0. The second-order valence-electron chi connectivity index (χ2n) is 3.82. The monoisotopic (exact) mass is 204 g/mol. The number of alkyl halides is 1. The van der Waals surface area contributed by atoms with E-state index in [2.05, 4.69) is 12.1 Å². The fraction of sp³-hybridized carbons (Fsp3) is 0.250. The second kappa shape index (κ2) is 2.71. The Morgan fingerprint density at radius 3 is 2.57 bits per heavy atom. The number of rotatable bonds is 0. The third kappa shape index (κ3) is 0.881. The highest BCUT2D eigenvalue weighted by Crippen LogP contribution is 2.44. The maximum Gasteiger partial charge on any atom is 0.162 e. The molecule has 0 radical (unpaired) electrons. The first-order chi connectivity index (χ1) is 6.79. The lowest BCUT2D eigenvalue weighted by atomic mass is 9.70. The standard InChI is InChI=1S/C12H9ClO/c13-11-9-5-6-10(12(11)14)8-4-2-1-3-7(8)9/h1-6,9-11H/t9?,10?,11-/m1/s1. The van der Waals surface area contributed by atoms with Crippen LogP contribution in [0, 0.1) is 0 Å². The van der Waals surface area contributed by atoms with Gasteiger partial charge in [-0.3, -0.25) is 4.79 Å². The van der Waals surface area contributed by atoms with Gasteiger partial charge in [-0.1, -0.05) is 36.4 Å². The van der Waals surface area contributed by atoms with Crippen LogP contribution in [0.3, 0.4) is 0 Å². The zero-order chi connectivity index (χ0) is 9.71. The predicted octanol–water partition coefficient (Wildman–Crippen LogP) is 2.61. The van der Waals surface area contributed by atoms with Crippen LogP contribution in [0.2, 0.25) is 0 Å². The summed E-state index contributed by atoms with van der Waals surface area (Å²) in [6.07, 6.45) is 4.04. The van der Waals surface area contributed by atoms with Gasteiger partial charge in [0.1, 0.15) is 5.38 Å². The van der Waals surface area contributed by atoms with Crippen LogP contribution in [-0.2, 0) is 4.79 Å². The van der Waals surface area contributed by atoms with E-state index < -0.39 is 0 Å². The van der Waals surface area contributed by atoms with E-state index >= 15 is 0 Å². The average Bonchev–Trinajstić information content (AvgIpc) is 2.24. The number of hydrogen-bond acceptors (Lipinski definition) is 1. The van der Waals surface area contributed by atoms with Crippen molar-refractivity contribution in [2.45, 2.75) is 17.2 Å². The third-order valence-corrected chi connectivity index (χ3v) is 3.58. The Kier molecular flexibility index (Phi) is 1.59. The molecule has 1 aromatic carbocycles. The molecule has 2 bridgehead atoms. The van der Waals surface area contributed by atoms with Crippen molar-refractivity contribution in [2.75, 3.05) is 0 Å². The molecule has 0 aromatic heterocycles. The Balaban J connectivity index is 2.26. The molecule has 3 aliphatic carbocycles. The molecule has 3 aliphatic rings. The molecule has 2 unspecified atom stereocenters. The summed E-state index contributed by atoms with van der Waals surface area (Å²) >= 11 is 6.09. The first kappa shape index (κ1) is 8.25. The lowest BCUT2D eigenvalue weighted by molar-refractivity contribution is -0.120. The van der Waals surface area contributed by atoms with E-state index in [0.29, 0.717) is 0 Å². The van der Waals surface area contributed by atoms with Crippen LogP contribution >= 0.6 is 11.6 Å². The molecule has 0 heterocycles. The molecule has 0 fully saturated rings. The minimum atomic E-state index is -0.361. The van der Waals surface area contributed by atoms with Crippen LogP contribution in [0.15, 0.2) is 36.4 Å². The van der Waals surface area contributed by atoms with Crippen LogP contribution in [0.1, 0.15) is 23.0 Å². The number of allylic oxidation sites excluding steroid dienone is 2. The number of carbonyl (C=O) groups is 1.